The third-order valence-corrected chi connectivity index (χ3v) is 6.20. The van der Waals surface area contributed by atoms with E-state index in [0.29, 0.717) is 26.1 Å². The summed E-state index contributed by atoms with van der Waals surface area (Å²) in [7, 11) is 2.06. The van der Waals surface area contributed by atoms with Crippen molar-refractivity contribution in [1.29, 1.82) is 0 Å². The summed E-state index contributed by atoms with van der Waals surface area (Å²) < 4.78 is 0. The molecule has 2 amide bonds. The maximum absolute atomic E-state index is 13.2. The lowest BCUT2D eigenvalue weighted by Gasteiger charge is -2.49. The predicted octanol–water partition coefficient (Wildman–Crippen LogP) is 2.33. The molecule has 0 saturated carbocycles. The van der Waals surface area contributed by atoms with E-state index in [1.807, 2.05) is 53.4 Å². The summed E-state index contributed by atoms with van der Waals surface area (Å²) in [5, 5.41) is 3.11. The second-order valence-corrected chi connectivity index (χ2v) is 8.55. The maximum atomic E-state index is 13.2. The monoisotopic (exact) mass is 391 g/mol. The lowest BCUT2D eigenvalue weighted by molar-refractivity contribution is -0.156. The van der Waals surface area contributed by atoms with E-state index in [1.165, 1.54) is 0 Å². The zero-order chi connectivity index (χ0) is 20.3. The summed E-state index contributed by atoms with van der Waals surface area (Å²) in [6, 6.07) is 20.0. The number of amides is 2. The van der Waals surface area contributed by atoms with Crippen molar-refractivity contribution in [3.05, 3.63) is 71.8 Å². The van der Waals surface area contributed by atoms with E-state index in [0.717, 1.165) is 30.6 Å². The highest BCUT2D eigenvalue weighted by molar-refractivity contribution is 5.89. The van der Waals surface area contributed by atoms with Gasteiger partial charge in [-0.25, -0.2) is 0 Å². The van der Waals surface area contributed by atoms with Crippen LogP contribution in [0.2, 0.25) is 0 Å². The Morgan fingerprint density at radius 1 is 1.00 bits per heavy atom. The van der Waals surface area contributed by atoms with Crippen molar-refractivity contribution >= 4 is 11.8 Å². The van der Waals surface area contributed by atoms with Crippen LogP contribution in [-0.4, -0.2) is 54.8 Å². The van der Waals surface area contributed by atoms with Crippen LogP contribution in [0.3, 0.4) is 0 Å². The summed E-state index contributed by atoms with van der Waals surface area (Å²) in [5.41, 5.74) is 1.67. The minimum Gasteiger partial charge on any atom is -0.351 e. The van der Waals surface area contributed by atoms with Crippen LogP contribution < -0.4 is 5.32 Å². The Labute approximate surface area is 172 Å². The molecule has 1 N–H and O–H groups in total. The van der Waals surface area contributed by atoms with Crippen LogP contribution in [0.5, 0.6) is 0 Å². The maximum Gasteiger partial charge on any atom is 0.230 e. The summed E-state index contributed by atoms with van der Waals surface area (Å²) >= 11 is 0. The molecule has 4 rings (SSSR count). The summed E-state index contributed by atoms with van der Waals surface area (Å²) in [6.45, 7) is 3.30. The first-order valence-electron chi connectivity index (χ1n) is 10.4. The minimum absolute atomic E-state index is 0.0396. The van der Waals surface area contributed by atoms with E-state index >= 15 is 0 Å². The van der Waals surface area contributed by atoms with Gasteiger partial charge in [-0.2, -0.15) is 0 Å². The van der Waals surface area contributed by atoms with Gasteiger partial charge in [-0.15, -0.1) is 0 Å². The van der Waals surface area contributed by atoms with E-state index in [4.69, 9.17) is 0 Å². The smallest absolute Gasteiger partial charge is 0.230 e. The van der Waals surface area contributed by atoms with Crippen LogP contribution in [0.25, 0.3) is 0 Å². The van der Waals surface area contributed by atoms with Crippen molar-refractivity contribution in [3.8, 4) is 0 Å². The number of carbonyl (C=O) groups is 2. The number of benzene rings is 2. The van der Waals surface area contributed by atoms with Crippen molar-refractivity contribution in [2.75, 3.05) is 33.2 Å². The fourth-order valence-corrected chi connectivity index (χ4v) is 4.52. The molecule has 5 heteroatoms. The molecule has 2 aliphatic rings. The molecule has 2 aromatic rings. The molecular formula is C24H29N3O2. The van der Waals surface area contributed by atoms with Crippen LogP contribution in [0.15, 0.2) is 60.7 Å². The molecule has 0 bridgehead atoms. The van der Waals surface area contributed by atoms with Crippen molar-refractivity contribution in [1.82, 2.24) is 15.1 Å². The fourth-order valence-electron chi connectivity index (χ4n) is 4.52. The first-order chi connectivity index (χ1) is 14.1. The molecule has 2 saturated heterocycles. The standard InChI is InChI=1S/C24H29N3O2/c1-26-13-12-21(16-26)22(28)27-17-24(18-27,14-19-8-4-2-5-9-19)23(29)25-15-20-10-6-3-7-11-20/h2-11,21H,12-18H2,1H3,(H,25,29). The van der Waals surface area contributed by atoms with Gasteiger partial charge in [-0.05, 0) is 37.6 Å². The number of carbonyl (C=O) groups excluding carboxylic acids is 2. The number of rotatable bonds is 6. The zero-order valence-corrected chi connectivity index (χ0v) is 17.0. The summed E-state index contributed by atoms with van der Waals surface area (Å²) in [5.74, 6) is 0.314. The topological polar surface area (TPSA) is 52.7 Å². The fraction of sp³-hybridized carbons (Fsp3) is 0.417. The van der Waals surface area contributed by atoms with Crippen molar-refractivity contribution in [3.63, 3.8) is 0 Å². The molecular weight excluding hydrogens is 362 g/mol. The van der Waals surface area contributed by atoms with Crippen LogP contribution in [0, 0.1) is 11.3 Å². The van der Waals surface area contributed by atoms with Crippen LogP contribution in [0.1, 0.15) is 17.5 Å². The Kier molecular flexibility index (Phi) is 5.67. The number of hydrogen-bond donors (Lipinski definition) is 1. The highest BCUT2D eigenvalue weighted by atomic mass is 16.2. The predicted molar refractivity (Wildman–Crippen MR) is 113 cm³/mol. The van der Waals surface area contributed by atoms with Crippen LogP contribution >= 0.6 is 0 Å². The second-order valence-electron chi connectivity index (χ2n) is 8.55. The summed E-state index contributed by atoms with van der Waals surface area (Å²) in [4.78, 5) is 30.2. The van der Waals surface area contributed by atoms with Gasteiger partial charge in [0, 0.05) is 26.2 Å². The average molecular weight is 392 g/mol. The Balaban J connectivity index is 1.44. The third-order valence-electron chi connectivity index (χ3n) is 6.20. The Morgan fingerprint density at radius 3 is 2.21 bits per heavy atom. The second kappa shape index (κ2) is 8.37. The zero-order valence-electron chi connectivity index (χ0n) is 17.0. The van der Waals surface area contributed by atoms with Crippen LogP contribution in [-0.2, 0) is 22.6 Å². The van der Waals surface area contributed by atoms with E-state index in [-0.39, 0.29) is 17.7 Å². The number of likely N-dealkylation sites (tertiary alicyclic amines) is 2. The van der Waals surface area contributed by atoms with Gasteiger partial charge in [0.15, 0.2) is 0 Å². The lowest BCUT2D eigenvalue weighted by atomic mass is 9.73. The molecule has 152 valence electrons. The molecule has 5 nitrogen and oxygen atoms in total. The Morgan fingerprint density at radius 2 is 1.62 bits per heavy atom. The largest absolute Gasteiger partial charge is 0.351 e. The van der Waals surface area contributed by atoms with Gasteiger partial charge < -0.3 is 15.1 Å². The molecule has 2 fully saturated rings. The molecule has 0 spiro atoms. The lowest BCUT2D eigenvalue weighted by Crippen LogP contribution is -2.66. The number of hydrogen-bond acceptors (Lipinski definition) is 3. The molecule has 0 aromatic heterocycles. The van der Waals surface area contributed by atoms with Gasteiger partial charge in [-0.1, -0.05) is 60.7 Å². The molecule has 2 aromatic carbocycles. The quantitative estimate of drug-likeness (QED) is 0.822. The molecule has 29 heavy (non-hydrogen) atoms. The van der Waals surface area contributed by atoms with E-state index < -0.39 is 5.41 Å². The molecule has 1 atom stereocenters. The van der Waals surface area contributed by atoms with Crippen LogP contribution in [0.4, 0.5) is 0 Å². The van der Waals surface area contributed by atoms with Gasteiger partial charge in [0.2, 0.25) is 11.8 Å². The first kappa shape index (κ1) is 19.6. The van der Waals surface area contributed by atoms with Gasteiger partial charge >= 0.3 is 0 Å². The first-order valence-corrected chi connectivity index (χ1v) is 10.4. The van der Waals surface area contributed by atoms with Crippen molar-refractivity contribution in [2.24, 2.45) is 11.3 Å². The molecule has 2 aliphatic heterocycles. The van der Waals surface area contributed by atoms with E-state index in [9.17, 15) is 9.59 Å². The Bertz CT molecular complexity index is 847. The molecule has 1 unspecified atom stereocenters. The Hall–Kier alpha value is -2.66. The van der Waals surface area contributed by atoms with E-state index in [1.54, 1.807) is 0 Å². The normalized spacial score (nSPS) is 20.9. The van der Waals surface area contributed by atoms with Gasteiger partial charge in [0.05, 0.1) is 11.3 Å². The van der Waals surface area contributed by atoms with Gasteiger partial charge in [0.1, 0.15) is 0 Å². The van der Waals surface area contributed by atoms with Gasteiger partial charge in [0.25, 0.3) is 0 Å². The van der Waals surface area contributed by atoms with Gasteiger partial charge in [-0.3, -0.25) is 9.59 Å². The molecule has 2 heterocycles. The highest BCUT2D eigenvalue weighted by Gasteiger charge is 2.51. The summed E-state index contributed by atoms with van der Waals surface area (Å²) in [6.07, 6.45) is 1.57. The SMILES string of the molecule is CN1CCC(C(=O)N2CC(Cc3ccccc3)(C(=O)NCc3ccccc3)C2)C1. The third kappa shape index (κ3) is 4.35. The van der Waals surface area contributed by atoms with Crippen molar-refractivity contribution in [2.45, 2.75) is 19.4 Å². The van der Waals surface area contributed by atoms with E-state index in [2.05, 4.69) is 29.4 Å². The molecule has 0 aliphatic carbocycles. The number of nitrogens with one attached hydrogen (secondary N) is 1. The molecule has 0 radical (unpaired) electrons. The number of nitrogens with zero attached hydrogens (tertiary/aromatic N) is 2. The average Bonchev–Trinajstić information content (AvgIpc) is 3.16. The minimum atomic E-state index is -0.545. The highest BCUT2D eigenvalue weighted by Crippen LogP contribution is 2.36. The van der Waals surface area contributed by atoms with Crippen molar-refractivity contribution < 1.29 is 9.59 Å².